The minimum Gasteiger partial charge on any atom is -0.495 e. The largest absolute Gasteiger partial charge is 0.495 e. The number of aryl methyl sites for hydroxylation is 1. The fourth-order valence-electron chi connectivity index (χ4n) is 2.12. The number of rotatable bonds is 5. The van der Waals surface area contributed by atoms with Gasteiger partial charge in [-0.25, -0.2) is 0 Å². The highest BCUT2D eigenvalue weighted by Gasteiger charge is 2.06. The minimum atomic E-state index is -0.0737. The molecule has 0 saturated carbocycles. The van der Waals surface area contributed by atoms with Crippen LogP contribution in [0.4, 0.5) is 11.4 Å². The van der Waals surface area contributed by atoms with Gasteiger partial charge in [0.2, 0.25) is 5.91 Å². The lowest BCUT2D eigenvalue weighted by Gasteiger charge is -2.14. The summed E-state index contributed by atoms with van der Waals surface area (Å²) in [6, 6.07) is 13.8. The Kier molecular flexibility index (Phi) is 4.82. The van der Waals surface area contributed by atoms with E-state index in [4.69, 9.17) is 4.74 Å². The minimum absolute atomic E-state index is 0.0737. The SMILES string of the molecule is COc1cc(C)ccc1NCc1ccccc1NC(C)=O. The number of anilines is 2. The Hall–Kier alpha value is -2.49. The maximum atomic E-state index is 11.2. The van der Waals surface area contributed by atoms with Crippen molar-refractivity contribution in [3.05, 3.63) is 53.6 Å². The normalized spacial score (nSPS) is 10.0. The fourth-order valence-corrected chi connectivity index (χ4v) is 2.12. The highest BCUT2D eigenvalue weighted by Crippen LogP contribution is 2.26. The van der Waals surface area contributed by atoms with Crippen LogP contribution in [0.15, 0.2) is 42.5 Å². The van der Waals surface area contributed by atoms with Crippen LogP contribution in [0, 0.1) is 6.92 Å². The van der Waals surface area contributed by atoms with Crippen molar-refractivity contribution in [2.45, 2.75) is 20.4 Å². The topological polar surface area (TPSA) is 50.4 Å². The molecule has 0 fully saturated rings. The van der Waals surface area contributed by atoms with E-state index in [2.05, 4.69) is 10.6 Å². The molecule has 0 aliphatic rings. The molecule has 0 aromatic heterocycles. The summed E-state index contributed by atoms with van der Waals surface area (Å²) in [4.78, 5) is 11.2. The van der Waals surface area contributed by atoms with Crippen LogP contribution in [0.2, 0.25) is 0 Å². The molecule has 2 N–H and O–H groups in total. The molecule has 110 valence electrons. The molecule has 0 spiro atoms. The lowest BCUT2D eigenvalue weighted by molar-refractivity contribution is -0.114. The maximum Gasteiger partial charge on any atom is 0.221 e. The smallest absolute Gasteiger partial charge is 0.221 e. The zero-order chi connectivity index (χ0) is 15.2. The number of carbonyl (C=O) groups is 1. The first kappa shape index (κ1) is 14.9. The van der Waals surface area contributed by atoms with E-state index in [0.29, 0.717) is 6.54 Å². The molecule has 21 heavy (non-hydrogen) atoms. The van der Waals surface area contributed by atoms with Crippen molar-refractivity contribution in [2.75, 3.05) is 17.7 Å². The number of benzene rings is 2. The molecular weight excluding hydrogens is 264 g/mol. The first-order valence-electron chi connectivity index (χ1n) is 6.84. The predicted molar refractivity (Wildman–Crippen MR) is 85.8 cm³/mol. The molecule has 4 nitrogen and oxygen atoms in total. The number of methoxy groups -OCH3 is 1. The monoisotopic (exact) mass is 284 g/mol. The molecule has 0 radical (unpaired) electrons. The first-order chi connectivity index (χ1) is 10.1. The molecule has 0 aliphatic heterocycles. The second-order valence-corrected chi connectivity index (χ2v) is 4.90. The Bertz CT molecular complexity index is 638. The third kappa shape index (κ3) is 3.99. The Morgan fingerprint density at radius 1 is 1.14 bits per heavy atom. The molecule has 2 aromatic rings. The highest BCUT2D eigenvalue weighted by atomic mass is 16.5. The Morgan fingerprint density at radius 3 is 2.62 bits per heavy atom. The van der Waals surface area contributed by atoms with Crippen LogP contribution in [-0.4, -0.2) is 13.0 Å². The van der Waals surface area contributed by atoms with Gasteiger partial charge >= 0.3 is 0 Å². The summed E-state index contributed by atoms with van der Waals surface area (Å²) in [5, 5.41) is 6.18. The van der Waals surface area contributed by atoms with Gasteiger partial charge in [-0.2, -0.15) is 0 Å². The fraction of sp³-hybridized carbons (Fsp3) is 0.235. The summed E-state index contributed by atoms with van der Waals surface area (Å²) in [7, 11) is 1.66. The van der Waals surface area contributed by atoms with E-state index in [1.165, 1.54) is 6.92 Å². The Balaban J connectivity index is 2.15. The second-order valence-electron chi connectivity index (χ2n) is 4.90. The van der Waals surface area contributed by atoms with E-state index in [0.717, 1.165) is 28.3 Å². The summed E-state index contributed by atoms with van der Waals surface area (Å²) in [6.45, 7) is 4.14. The summed E-state index contributed by atoms with van der Waals surface area (Å²) >= 11 is 0. The maximum absolute atomic E-state index is 11.2. The summed E-state index contributed by atoms with van der Waals surface area (Å²) in [5.74, 6) is 0.738. The number of para-hydroxylation sites is 1. The second kappa shape index (κ2) is 6.79. The lowest BCUT2D eigenvalue weighted by atomic mass is 10.1. The Labute approximate surface area is 125 Å². The van der Waals surface area contributed by atoms with Gasteiger partial charge in [0.1, 0.15) is 5.75 Å². The summed E-state index contributed by atoms with van der Waals surface area (Å²) < 4.78 is 5.38. The molecule has 0 bridgehead atoms. The van der Waals surface area contributed by atoms with Crippen molar-refractivity contribution in [3.8, 4) is 5.75 Å². The molecular formula is C17H20N2O2. The van der Waals surface area contributed by atoms with Gasteiger partial charge in [-0.05, 0) is 36.2 Å². The molecule has 2 aromatic carbocycles. The van der Waals surface area contributed by atoms with E-state index < -0.39 is 0 Å². The highest BCUT2D eigenvalue weighted by molar-refractivity contribution is 5.89. The van der Waals surface area contributed by atoms with Crippen molar-refractivity contribution in [1.82, 2.24) is 0 Å². The molecule has 0 unspecified atom stereocenters. The average molecular weight is 284 g/mol. The predicted octanol–water partition coefficient (Wildman–Crippen LogP) is 3.57. The number of nitrogens with one attached hydrogen (secondary N) is 2. The van der Waals surface area contributed by atoms with Gasteiger partial charge in [0.15, 0.2) is 0 Å². The molecule has 0 atom stereocenters. The zero-order valence-corrected chi connectivity index (χ0v) is 12.6. The van der Waals surface area contributed by atoms with E-state index in [9.17, 15) is 4.79 Å². The van der Waals surface area contributed by atoms with Crippen LogP contribution in [0.5, 0.6) is 5.75 Å². The van der Waals surface area contributed by atoms with Crippen molar-refractivity contribution in [2.24, 2.45) is 0 Å². The van der Waals surface area contributed by atoms with E-state index >= 15 is 0 Å². The van der Waals surface area contributed by atoms with E-state index in [1.54, 1.807) is 7.11 Å². The number of carbonyl (C=O) groups excluding carboxylic acids is 1. The van der Waals surface area contributed by atoms with Crippen molar-refractivity contribution >= 4 is 17.3 Å². The van der Waals surface area contributed by atoms with Crippen LogP contribution in [-0.2, 0) is 11.3 Å². The molecule has 2 rings (SSSR count). The van der Waals surface area contributed by atoms with Gasteiger partial charge < -0.3 is 15.4 Å². The molecule has 0 saturated heterocycles. The van der Waals surface area contributed by atoms with Gasteiger partial charge in [-0.3, -0.25) is 4.79 Å². The van der Waals surface area contributed by atoms with Crippen molar-refractivity contribution in [1.29, 1.82) is 0 Å². The van der Waals surface area contributed by atoms with Gasteiger partial charge in [-0.15, -0.1) is 0 Å². The zero-order valence-electron chi connectivity index (χ0n) is 12.6. The molecule has 0 heterocycles. The third-order valence-corrected chi connectivity index (χ3v) is 3.15. The van der Waals surface area contributed by atoms with Gasteiger partial charge in [0.05, 0.1) is 12.8 Å². The van der Waals surface area contributed by atoms with Crippen LogP contribution in [0.3, 0.4) is 0 Å². The van der Waals surface area contributed by atoms with Gasteiger partial charge in [-0.1, -0.05) is 24.3 Å². The van der Waals surface area contributed by atoms with Gasteiger partial charge in [0, 0.05) is 19.2 Å². The summed E-state index contributed by atoms with van der Waals surface area (Å²) in [6.07, 6.45) is 0. The molecule has 4 heteroatoms. The molecule has 0 aliphatic carbocycles. The third-order valence-electron chi connectivity index (χ3n) is 3.15. The average Bonchev–Trinajstić information content (AvgIpc) is 2.46. The number of ether oxygens (including phenoxy) is 1. The van der Waals surface area contributed by atoms with E-state index in [-0.39, 0.29) is 5.91 Å². The standard InChI is InChI=1S/C17H20N2O2/c1-12-8-9-16(17(10-12)21-3)18-11-14-6-4-5-7-15(14)19-13(2)20/h4-10,18H,11H2,1-3H3,(H,19,20). The van der Waals surface area contributed by atoms with Crippen molar-refractivity contribution in [3.63, 3.8) is 0 Å². The number of amides is 1. The summed E-state index contributed by atoms with van der Waals surface area (Å²) in [5.41, 5.74) is 3.93. The quantitative estimate of drug-likeness (QED) is 0.882. The van der Waals surface area contributed by atoms with Gasteiger partial charge in [0.25, 0.3) is 0 Å². The van der Waals surface area contributed by atoms with Crippen LogP contribution in [0.25, 0.3) is 0 Å². The Morgan fingerprint density at radius 2 is 1.90 bits per heavy atom. The lowest BCUT2D eigenvalue weighted by Crippen LogP contribution is -2.10. The molecule has 1 amide bonds. The van der Waals surface area contributed by atoms with Crippen LogP contribution >= 0.6 is 0 Å². The van der Waals surface area contributed by atoms with E-state index in [1.807, 2.05) is 49.4 Å². The number of hydrogen-bond donors (Lipinski definition) is 2. The number of hydrogen-bond acceptors (Lipinski definition) is 3. The first-order valence-corrected chi connectivity index (χ1v) is 6.84. The van der Waals surface area contributed by atoms with Crippen LogP contribution in [0.1, 0.15) is 18.1 Å². The van der Waals surface area contributed by atoms with Crippen molar-refractivity contribution < 1.29 is 9.53 Å². The van der Waals surface area contributed by atoms with Crippen LogP contribution < -0.4 is 15.4 Å².